The molecular weight excluding hydrogens is 295 g/mol. The van der Waals surface area contributed by atoms with Gasteiger partial charge in [0.05, 0.1) is 19.2 Å². The minimum atomic E-state index is -0.512. The van der Waals surface area contributed by atoms with Crippen LogP contribution in [0.2, 0.25) is 0 Å². The van der Waals surface area contributed by atoms with E-state index in [9.17, 15) is 14.0 Å². The quantitative estimate of drug-likeness (QED) is 0.855. The Hall–Kier alpha value is -2.28. The second-order valence-electron chi connectivity index (χ2n) is 4.18. The maximum atomic E-state index is 13.1. The first kappa shape index (κ1) is 15.1. The summed E-state index contributed by atoms with van der Waals surface area (Å²) in [7, 11) is 1.25. The first-order valence-electron chi connectivity index (χ1n) is 6.12. The summed E-state index contributed by atoms with van der Waals surface area (Å²) in [6.07, 6.45) is 0.0583. The van der Waals surface area contributed by atoms with Crippen LogP contribution < -0.4 is 5.32 Å². The van der Waals surface area contributed by atoms with E-state index in [4.69, 9.17) is 0 Å². The second-order valence-corrected chi connectivity index (χ2v) is 5.04. The predicted molar refractivity (Wildman–Crippen MR) is 76.2 cm³/mol. The summed E-state index contributed by atoms with van der Waals surface area (Å²) in [6, 6.07) is 6.11. The van der Waals surface area contributed by atoms with E-state index in [1.54, 1.807) is 17.5 Å². The van der Waals surface area contributed by atoms with Crippen molar-refractivity contribution in [3.05, 3.63) is 41.2 Å². The van der Waals surface area contributed by atoms with Crippen LogP contribution in [0.3, 0.4) is 0 Å². The highest BCUT2D eigenvalue weighted by atomic mass is 32.1. The molecule has 1 aromatic heterocycles. The van der Waals surface area contributed by atoms with Crippen molar-refractivity contribution in [1.29, 1.82) is 0 Å². The van der Waals surface area contributed by atoms with E-state index < -0.39 is 5.97 Å². The maximum Gasteiger partial charge on any atom is 0.325 e. The molecule has 2 rings (SSSR count). The number of nitrogens with one attached hydrogen (secondary N) is 1. The molecule has 0 saturated heterocycles. The number of esters is 1. The van der Waals surface area contributed by atoms with Gasteiger partial charge < -0.3 is 10.1 Å². The van der Waals surface area contributed by atoms with Crippen molar-refractivity contribution < 1.29 is 18.7 Å². The standard InChI is InChI=1S/C14H13FN2O3S/c1-20-13(19)7-16-12(18)6-11-8-21-14(17-11)9-3-2-4-10(15)5-9/h2-5,8H,6-7H2,1H3,(H,16,18). The number of amides is 1. The van der Waals surface area contributed by atoms with Crippen molar-refractivity contribution in [3.8, 4) is 10.6 Å². The van der Waals surface area contributed by atoms with Crippen molar-refractivity contribution in [3.63, 3.8) is 0 Å². The number of carbonyl (C=O) groups is 2. The highest BCUT2D eigenvalue weighted by molar-refractivity contribution is 7.13. The first-order chi connectivity index (χ1) is 10.1. The fraction of sp³-hybridized carbons (Fsp3) is 0.214. The lowest BCUT2D eigenvalue weighted by Crippen LogP contribution is -2.31. The number of benzene rings is 1. The summed E-state index contributed by atoms with van der Waals surface area (Å²) in [4.78, 5) is 26.8. The van der Waals surface area contributed by atoms with Crippen LogP contribution in [0.15, 0.2) is 29.6 Å². The number of halogens is 1. The predicted octanol–water partition coefficient (Wildman–Crippen LogP) is 1.78. The van der Waals surface area contributed by atoms with Gasteiger partial charge in [0.1, 0.15) is 17.4 Å². The van der Waals surface area contributed by atoms with Gasteiger partial charge in [0, 0.05) is 10.9 Å². The Kier molecular flexibility index (Phi) is 4.99. The minimum Gasteiger partial charge on any atom is -0.468 e. The van der Waals surface area contributed by atoms with Gasteiger partial charge in [-0.3, -0.25) is 9.59 Å². The molecule has 0 unspecified atom stereocenters. The molecule has 2 aromatic rings. The molecule has 0 atom stereocenters. The second kappa shape index (κ2) is 6.94. The average molecular weight is 308 g/mol. The normalized spacial score (nSPS) is 10.2. The van der Waals surface area contributed by atoms with Gasteiger partial charge in [0.15, 0.2) is 0 Å². The van der Waals surface area contributed by atoms with E-state index in [-0.39, 0.29) is 24.7 Å². The summed E-state index contributed by atoms with van der Waals surface area (Å²) in [5.41, 5.74) is 1.24. The monoisotopic (exact) mass is 308 g/mol. The Morgan fingerprint density at radius 2 is 2.24 bits per heavy atom. The number of carbonyl (C=O) groups excluding carboxylic acids is 2. The third-order valence-electron chi connectivity index (χ3n) is 2.62. The molecule has 0 radical (unpaired) electrons. The smallest absolute Gasteiger partial charge is 0.325 e. The number of ether oxygens (including phenoxy) is 1. The topological polar surface area (TPSA) is 68.3 Å². The molecule has 21 heavy (non-hydrogen) atoms. The van der Waals surface area contributed by atoms with Gasteiger partial charge in [-0.15, -0.1) is 11.3 Å². The zero-order valence-electron chi connectivity index (χ0n) is 11.3. The SMILES string of the molecule is COC(=O)CNC(=O)Cc1csc(-c2cccc(F)c2)n1. The zero-order valence-corrected chi connectivity index (χ0v) is 12.1. The van der Waals surface area contributed by atoms with E-state index in [0.29, 0.717) is 16.3 Å². The van der Waals surface area contributed by atoms with Crippen LogP contribution in [-0.2, 0) is 20.7 Å². The molecule has 1 amide bonds. The van der Waals surface area contributed by atoms with Crippen molar-refractivity contribution in [2.45, 2.75) is 6.42 Å². The van der Waals surface area contributed by atoms with Crippen molar-refractivity contribution in [2.75, 3.05) is 13.7 Å². The van der Waals surface area contributed by atoms with Crippen LogP contribution in [0.5, 0.6) is 0 Å². The van der Waals surface area contributed by atoms with Gasteiger partial charge >= 0.3 is 5.97 Å². The highest BCUT2D eigenvalue weighted by Gasteiger charge is 2.10. The van der Waals surface area contributed by atoms with Gasteiger partial charge in [0.25, 0.3) is 0 Å². The number of rotatable bonds is 5. The summed E-state index contributed by atoms with van der Waals surface area (Å²) in [5.74, 6) is -1.17. The van der Waals surface area contributed by atoms with E-state index >= 15 is 0 Å². The summed E-state index contributed by atoms with van der Waals surface area (Å²) in [5, 5.41) is 4.81. The van der Waals surface area contributed by atoms with E-state index in [0.717, 1.165) is 0 Å². The third-order valence-corrected chi connectivity index (χ3v) is 3.56. The van der Waals surface area contributed by atoms with Crippen molar-refractivity contribution >= 4 is 23.2 Å². The summed E-state index contributed by atoms with van der Waals surface area (Å²) in [6.45, 7) is -0.170. The number of hydrogen-bond acceptors (Lipinski definition) is 5. The van der Waals surface area contributed by atoms with Gasteiger partial charge in [0.2, 0.25) is 5.91 Å². The average Bonchev–Trinajstić information content (AvgIpc) is 2.93. The highest BCUT2D eigenvalue weighted by Crippen LogP contribution is 2.24. The summed E-state index contributed by atoms with van der Waals surface area (Å²) < 4.78 is 17.6. The van der Waals surface area contributed by atoms with Crippen LogP contribution in [-0.4, -0.2) is 30.5 Å². The largest absolute Gasteiger partial charge is 0.468 e. The number of thiazole rings is 1. The number of nitrogens with zero attached hydrogens (tertiary/aromatic N) is 1. The molecule has 110 valence electrons. The Morgan fingerprint density at radius 3 is 2.95 bits per heavy atom. The molecule has 0 aliphatic heterocycles. The molecule has 0 aliphatic rings. The molecule has 1 N–H and O–H groups in total. The molecule has 0 spiro atoms. The number of hydrogen-bond donors (Lipinski definition) is 1. The minimum absolute atomic E-state index is 0.0583. The lowest BCUT2D eigenvalue weighted by molar-refractivity contribution is -0.141. The van der Waals surface area contributed by atoms with Gasteiger partial charge in [-0.05, 0) is 12.1 Å². The fourth-order valence-corrected chi connectivity index (χ4v) is 2.43. The molecule has 1 aromatic carbocycles. The van der Waals surface area contributed by atoms with E-state index in [1.165, 1.54) is 30.6 Å². The Labute approximate surface area is 124 Å². The molecule has 1 heterocycles. The van der Waals surface area contributed by atoms with Crippen LogP contribution in [0.25, 0.3) is 10.6 Å². The molecule has 0 aliphatic carbocycles. The zero-order chi connectivity index (χ0) is 15.2. The Bertz CT molecular complexity index is 657. The lowest BCUT2D eigenvalue weighted by atomic mass is 10.2. The third kappa shape index (κ3) is 4.35. The summed E-state index contributed by atoms with van der Waals surface area (Å²) >= 11 is 1.33. The van der Waals surface area contributed by atoms with Crippen molar-refractivity contribution in [2.24, 2.45) is 0 Å². The van der Waals surface area contributed by atoms with Gasteiger partial charge in [-0.25, -0.2) is 9.37 Å². The Morgan fingerprint density at radius 1 is 1.43 bits per heavy atom. The van der Waals surface area contributed by atoms with E-state index in [1.807, 2.05) is 0 Å². The molecule has 0 fully saturated rings. The van der Waals surface area contributed by atoms with Crippen LogP contribution >= 0.6 is 11.3 Å². The Balaban J connectivity index is 1.97. The van der Waals surface area contributed by atoms with Gasteiger partial charge in [-0.1, -0.05) is 12.1 Å². The molecule has 0 bridgehead atoms. The van der Waals surface area contributed by atoms with Gasteiger partial charge in [-0.2, -0.15) is 0 Å². The van der Waals surface area contributed by atoms with E-state index in [2.05, 4.69) is 15.0 Å². The fourth-order valence-electron chi connectivity index (χ4n) is 1.61. The lowest BCUT2D eigenvalue weighted by Gasteiger charge is -2.01. The van der Waals surface area contributed by atoms with Crippen LogP contribution in [0.4, 0.5) is 4.39 Å². The molecule has 7 heteroatoms. The van der Waals surface area contributed by atoms with Crippen LogP contribution in [0.1, 0.15) is 5.69 Å². The molecule has 5 nitrogen and oxygen atoms in total. The first-order valence-corrected chi connectivity index (χ1v) is 7.00. The number of methoxy groups -OCH3 is 1. The van der Waals surface area contributed by atoms with Crippen LogP contribution in [0, 0.1) is 5.82 Å². The molecule has 0 saturated carbocycles. The maximum absolute atomic E-state index is 13.1. The number of aromatic nitrogens is 1. The molecular formula is C14H13FN2O3S. The van der Waals surface area contributed by atoms with Crippen molar-refractivity contribution in [1.82, 2.24) is 10.3 Å².